The van der Waals surface area contributed by atoms with E-state index in [1.165, 1.54) is 0 Å². The second kappa shape index (κ2) is 4.87. The van der Waals surface area contributed by atoms with Crippen LogP contribution in [0.15, 0.2) is 24.3 Å². The lowest BCUT2D eigenvalue weighted by atomic mass is 10.2. The van der Waals surface area contributed by atoms with Gasteiger partial charge in [-0.3, -0.25) is 0 Å². The summed E-state index contributed by atoms with van der Waals surface area (Å²) >= 11 is 0. The summed E-state index contributed by atoms with van der Waals surface area (Å²) in [6.07, 6.45) is 0. The van der Waals surface area contributed by atoms with Crippen LogP contribution in [0.4, 0.5) is 5.69 Å². The molecule has 0 bridgehead atoms. The predicted molar refractivity (Wildman–Crippen MR) is 54.9 cm³/mol. The van der Waals surface area contributed by atoms with Gasteiger partial charge in [0.2, 0.25) is 0 Å². The van der Waals surface area contributed by atoms with E-state index in [0.29, 0.717) is 6.54 Å². The van der Waals surface area contributed by atoms with Gasteiger partial charge in [-0.15, -0.1) is 0 Å². The second-order valence-corrected chi connectivity index (χ2v) is 3.97. The fourth-order valence-corrected chi connectivity index (χ4v) is 1.34. The molecular weight excluding hydrogens is 186 g/mol. The molecule has 0 saturated carbocycles. The highest BCUT2D eigenvalue weighted by Gasteiger charge is 1.91. The minimum Gasteiger partial charge on any atom is -0.384 e. The first kappa shape index (κ1) is 10.1. The van der Waals surface area contributed by atoms with E-state index in [4.69, 9.17) is 0 Å². The van der Waals surface area contributed by atoms with Crippen molar-refractivity contribution in [2.45, 2.75) is 6.92 Å². The summed E-state index contributed by atoms with van der Waals surface area (Å²) in [5.74, 6) is 0.184. The standard InChI is InChI=1S/C9H13NO2S/c1-8-3-2-4-9(7-8)10-5-6-13(11)12/h2-4,7,10,13H,5-6H2,1H3. The van der Waals surface area contributed by atoms with Crippen molar-refractivity contribution in [3.8, 4) is 0 Å². The van der Waals surface area contributed by atoms with E-state index in [-0.39, 0.29) is 5.75 Å². The molecule has 0 aliphatic heterocycles. The first-order valence-electron chi connectivity index (χ1n) is 4.11. The van der Waals surface area contributed by atoms with E-state index in [2.05, 4.69) is 5.32 Å². The first-order valence-corrected chi connectivity index (χ1v) is 5.47. The molecule has 3 nitrogen and oxygen atoms in total. The molecule has 13 heavy (non-hydrogen) atoms. The van der Waals surface area contributed by atoms with Crippen LogP contribution in [0.3, 0.4) is 0 Å². The van der Waals surface area contributed by atoms with Gasteiger partial charge >= 0.3 is 0 Å². The van der Waals surface area contributed by atoms with Crippen LogP contribution >= 0.6 is 0 Å². The van der Waals surface area contributed by atoms with E-state index in [1.54, 1.807) is 0 Å². The smallest absolute Gasteiger partial charge is 0.141 e. The largest absolute Gasteiger partial charge is 0.384 e. The Morgan fingerprint density at radius 1 is 1.38 bits per heavy atom. The highest BCUT2D eigenvalue weighted by molar-refractivity contribution is 7.72. The molecule has 0 spiro atoms. The molecule has 0 heterocycles. The summed E-state index contributed by atoms with van der Waals surface area (Å²) in [5.41, 5.74) is 2.13. The Hall–Kier alpha value is -1.03. The van der Waals surface area contributed by atoms with Gasteiger partial charge in [0, 0.05) is 12.2 Å². The Morgan fingerprint density at radius 2 is 2.15 bits per heavy atom. The van der Waals surface area contributed by atoms with Crippen molar-refractivity contribution >= 4 is 16.4 Å². The number of thiol groups is 1. The van der Waals surface area contributed by atoms with Gasteiger partial charge in [0.15, 0.2) is 0 Å². The summed E-state index contributed by atoms with van der Waals surface area (Å²) in [5, 5.41) is 3.03. The highest BCUT2D eigenvalue weighted by atomic mass is 32.2. The van der Waals surface area contributed by atoms with Gasteiger partial charge in [-0.1, -0.05) is 12.1 Å². The normalized spacial score (nSPS) is 10.3. The minimum atomic E-state index is -2.27. The van der Waals surface area contributed by atoms with E-state index in [9.17, 15) is 8.42 Å². The van der Waals surface area contributed by atoms with E-state index in [1.807, 2.05) is 31.2 Å². The molecule has 0 aliphatic carbocycles. The SMILES string of the molecule is Cc1cccc(NCC[SH](=O)=O)c1. The molecule has 0 amide bonds. The molecule has 4 heteroatoms. The van der Waals surface area contributed by atoms with Crippen LogP contribution in [0.5, 0.6) is 0 Å². The predicted octanol–water partition coefficient (Wildman–Crippen LogP) is 1.02. The molecule has 0 aromatic heterocycles. The van der Waals surface area contributed by atoms with Crippen molar-refractivity contribution < 1.29 is 8.42 Å². The van der Waals surface area contributed by atoms with Gasteiger partial charge in [-0.05, 0) is 24.6 Å². The zero-order valence-electron chi connectivity index (χ0n) is 7.49. The Balaban J connectivity index is 2.45. The van der Waals surface area contributed by atoms with Crippen molar-refractivity contribution in [3.05, 3.63) is 29.8 Å². The van der Waals surface area contributed by atoms with E-state index in [0.717, 1.165) is 11.3 Å². The van der Waals surface area contributed by atoms with Gasteiger partial charge < -0.3 is 5.32 Å². The van der Waals surface area contributed by atoms with E-state index < -0.39 is 10.7 Å². The molecule has 0 aliphatic rings. The lowest BCUT2D eigenvalue weighted by molar-refractivity contribution is 0.615. The molecule has 0 radical (unpaired) electrons. The molecule has 1 aromatic carbocycles. The van der Waals surface area contributed by atoms with Gasteiger partial charge in [0.25, 0.3) is 0 Å². The average Bonchev–Trinajstić information content (AvgIpc) is 2.03. The van der Waals surface area contributed by atoms with Crippen molar-refractivity contribution in [2.75, 3.05) is 17.6 Å². The van der Waals surface area contributed by atoms with Gasteiger partial charge in [0.1, 0.15) is 10.7 Å². The number of benzene rings is 1. The van der Waals surface area contributed by atoms with E-state index >= 15 is 0 Å². The van der Waals surface area contributed by atoms with Crippen molar-refractivity contribution in [1.29, 1.82) is 0 Å². The fraction of sp³-hybridized carbons (Fsp3) is 0.333. The third-order valence-electron chi connectivity index (χ3n) is 1.64. The number of hydrogen-bond donors (Lipinski definition) is 2. The monoisotopic (exact) mass is 199 g/mol. The molecule has 72 valence electrons. The molecule has 0 unspecified atom stereocenters. The fourth-order valence-electron chi connectivity index (χ4n) is 1.05. The Bertz CT molecular complexity index is 339. The number of aryl methyl sites for hydroxylation is 1. The molecule has 0 fully saturated rings. The lowest BCUT2D eigenvalue weighted by Crippen LogP contribution is -2.07. The third kappa shape index (κ3) is 3.94. The maximum atomic E-state index is 10.3. The van der Waals surface area contributed by atoms with Crippen molar-refractivity contribution in [2.24, 2.45) is 0 Å². The first-order chi connectivity index (χ1) is 6.18. The van der Waals surface area contributed by atoms with Gasteiger partial charge in [-0.25, -0.2) is 8.42 Å². The van der Waals surface area contributed by atoms with Crippen LogP contribution in [0.25, 0.3) is 0 Å². The minimum absolute atomic E-state index is 0.184. The lowest BCUT2D eigenvalue weighted by Gasteiger charge is -2.03. The van der Waals surface area contributed by atoms with Crippen LogP contribution in [-0.2, 0) is 10.7 Å². The van der Waals surface area contributed by atoms with Crippen molar-refractivity contribution in [1.82, 2.24) is 0 Å². The number of nitrogens with one attached hydrogen (secondary N) is 1. The number of anilines is 1. The van der Waals surface area contributed by atoms with Gasteiger partial charge in [-0.2, -0.15) is 0 Å². The summed E-state index contributed by atoms with van der Waals surface area (Å²) in [6.45, 7) is 2.47. The summed E-state index contributed by atoms with van der Waals surface area (Å²) in [4.78, 5) is 0. The average molecular weight is 199 g/mol. The molecule has 0 saturated heterocycles. The number of hydrogen-bond acceptors (Lipinski definition) is 3. The Labute approximate surface area is 79.7 Å². The molecule has 1 rings (SSSR count). The highest BCUT2D eigenvalue weighted by Crippen LogP contribution is 2.08. The van der Waals surface area contributed by atoms with Crippen LogP contribution in [0.2, 0.25) is 0 Å². The van der Waals surface area contributed by atoms with Crippen LogP contribution in [-0.4, -0.2) is 20.7 Å². The number of rotatable bonds is 4. The maximum Gasteiger partial charge on any atom is 0.141 e. The van der Waals surface area contributed by atoms with Crippen LogP contribution in [0.1, 0.15) is 5.56 Å². The Morgan fingerprint density at radius 3 is 2.77 bits per heavy atom. The van der Waals surface area contributed by atoms with Crippen LogP contribution in [0, 0.1) is 6.92 Å². The quantitative estimate of drug-likeness (QED) is 0.712. The molecule has 1 aromatic rings. The summed E-state index contributed by atoms with van der Waals surface area (Å²) in [7, 11) is -2.27. The van der Waals surface area contributed by atoms with Gasteiger partial charge in [0.05, 0.1) is 5.75 Å². The second-order valence-electron chi connectivity index (χ2n) is 2.85. The molecule has 1 N–H and O–H groups in total. The summed E-state index contributed by atoms with van der Waals surface area (Å²) < 4.78 is 20.5. The zero-order valence-corrected chi connectivity index (χ0v) is 8.38. The van der Waals surface area contributed by atoms with Crippen LogP contribution < -0.4 is 5.32 Å². The maximum absolute atomic E-state index is 10.3. The third-order valence-corrected chi connectivity index (χ3v) is 2.23. The molecule has 0 atom stereocenters. The Kier molecular flexibility index (Phi) is 3.76. The van der Waals surface area contributed by atoms with Crippen molar-refractivity contribution in [3.63, 3.8) is 0 Å². The topological polar surface area (TPSA) is 46.2 Å². The summed E-state index contributed by atoms with van der Waals surface area (Å²) in [6, 6.07) is 7.84. The zero-order chi connectivity index (χ0) is 9.68. The molecular formula is C9H13NO2S.